The molecule has 0 radical (unpaired) electrons. The van der Waals surface area contributed by atoms with Gasteiger partial charge in [0.1, 0.15) is 5.69 Å². The van der Waals surface area contributed by atoms with Gasteiger partial charge in [-0.2, -0.15) is 10.5 Å². The molecule has 0 spiro atoms. The summed E-state index contributed by atoms with van der Waals surface area (Å²) in [4.78, 5) is 13.2. The molecule has 1 aromatic heterocycles. The second-order valence-electron chi connectivity index (χ2n) is 4.45. The van der Waals surface area contributed by atoms with Gasteiger partial charge >= 0.3 is 5.97 Å². The van der Waals surface area contributed by atoms with Crippen molar-refractivity contribution >= 4 is 28.5 Å². The topological polar surface area (TPSA) is 89.7 Å². The van der Waals surface area contributed by atoms with Crippen LogP contribution in [0, 0.1) is 22.7 Å². The molecular formula is C15H12ClN3O2. The molecule has 1 unspecified atom stereocenters. The van der Waals surface area contributed by atoms with E-state index in [1.807, 2.05) is 12.1 Å². The van der Waals surface area contributed by atoms with Crippen LogP contribution in [0.15, 0.2) is 24.3 Å². The molecular weight excluding hydrogens is 290 g/mol. The minimum absolute atomic E-state index is 0.119. The summed E-state index contributed by atoms with van der Waals surface area (Å²) < 4.78 is 4.92. The lowest BCUT2D eigenvalue weighted by atomic mass is 9.96. The summed E-state index contributed by atoms with van der Waals surface area (Å²) in [7, 11) is 0. The molecule has 0 bridgehead atoms. The second kappa shape index (κ2) is 5.87. The number of nitrogens with zero attached hydrogens (tertiary/aromatic N) is 2. The van der Waals surface area contributed by atoms with E-state index in [9.17, 15) is 10.1 Å². The molecule has 2 rings (SSSR count). The predicted octanol–water partition coefficient (Wildman–Crippen LogP) is 3.22. The van der Waals surface area contributed by atoms with Crippen LogP contribution in [0.1, 0.15) is 29.4 Å². The molecule has 5 nitrogen and oxygen atoms in total. The molecule has 0 aliphatic rings. The van der Waals surface area contributed by atoms with Crippen molar-refractivity contribution in [3.63, 3.8) is 0 Å². The number of carbonyl (C=O) groups is 1. The Kier molecular flexibility index (Phi) is 4.16. The molecule has 1 N–H and O–H groups in total. The molecule has 0 amide bonds. The number of esters is 1. The SMILES string of the molecule is CCOC(=O)c1cc2cc(C(Cl)(C#N)CC#N)ccc2[nH]1. The van der Waals surface area contributed by atoms with Gasteiger partial charge < -0.3 is 9.72 Å². The molecule has 0 aliphatic carbocycles. The minimum atomic E-state index is -1.38. The number of ether oxygens (including phenoxy) is 1. The Morgan fingerprint density at radius 2 is 2.19 bits per heavy atom. The second-order valence-corrected chi connectivity index (χ2v) is 5.10. The van der Waals surface area contributed by atoms with E-state index in [1.54, 1.807) is 31.2 Å². The minimum Gasteiger partial charge on any atom is -0.461 e. The number of nitrogens with one attached hydrogen (secondary N) is 1. The van der Waals surface area contributed by atoms with Crippen molar-refractivity contribution in [3.8, 4) is 12.1 Å². The highest BCUT2D eigenvalue weighted by Gasteiger charge is 2.29. The zero-order valence-corrected chi connectivity index (χ0v) is 12.1. The van der Waals surface area contributed by atoms with Crippen molar-refractivity contribution in [2.75, 3.05) is 6.61 Å². The average Bonchev–Trinajstić information content (AvgIpc) is 2.90. The Hall–Kier alpha value is -2.50. The van der Waals surface area contributed by atoms with Crippen molar-refractivity contribution in [2.45, 2.75) is 18.2 Å². The van der Waals surface area contributed by atoms with Crippen molar-refractivity contribution in [1.29, 1.82) is 10.5 Å². The maximum Gasteiger partial charge on any atom is 0.354 e. The summed E-state index contributed by atoms with van der Waals surface area (Å²) in [5.41, 5.74) is 1.59. The van der Waals surface area contributed by atoms with E-state index in [2.05, 4.69) is 4.98 Å². The van der Waals surface area contributed by atoms with Crippen molar-refractivity contribution in [3.05, 3.63) is 35.5 Å². The van der Waals surface area contributed by atoms with E-state index in [-0.39, 0.29) is 6.42 Å². The summed E-state index contributed by atoms with van der Waals surface area (Å²) in [6, 6.07) is 10.6. The molecule has 0 saturated heterocycles. The van der Waals surface area contributed by atoms with Gasteiger partial charge in [-0.1, -0.05) is 17.7 Å². The first kappa shape index (κ1) is 14.9. The van der Waals surface area contributed by atoms with Gasteiger partial charge in [0, 0.05) is 10.9 Å². The third-order valence-electron chi connectivity index (χ3n) is 3.07. The highest BCUT2D eigenvalue weighted by atomic mass is 35.5. The van der Waals surface area contributed by atoms with Crippen molar-refractivity contribution in [2.24, 2.45) is 0 Å². The summed E-state index contributed by atoms with van der Waals surface area (Å²) >= 11 is 6.18. The van der Waals surface area contributed by atoms with Gasteiger partial charge in [-0.15, -0.1) is 0 Å². The van der Waals surface area contributed by atoms with Crippen LogP contribution in [0.25, 0.3) is 10.9 Å². The molecule has 0 fully saturated rings. The van der Waals surface area contributed by atoms with E-state index in [1.165, 1.54) is 0 Å². The number of aromatic nitrogens is 1. The largest absolute Gasteiger partial charge is 0.461 e. The van der Waals surface area contributed by atoms with Crippen LogP contribution in [-0.4, -0.2) is 17.6 Å². The standard InChI is InChI=1S/C15H12ClN3O2/c1-2-21-14(20)13-8-10-7-11(3-4-12(10)19-13)15(16,9-18)5-6-17/h3-4,7-8,19H,2,5H2,1H3. The highest BCUT2D eigenvalue weighted by molar-refractivity contribution is 6.26. The van der Waals surface area contributed by atoms with Crippen LogP contribution in [0.3, 0.4) is 0 Å². The van der Waals surface area contributed by atoms with Gasteiger partial charge in [0.15, 0.2) is 4.87 Å². The molecule has 21 heavy (non-hydrogen) atoms. The first-order valence-electron chi connectivity index (χ1n) is 6.31. The molecule has 6 heteroatoms. The molecule has 2 aromatic rings. The molecule has 0 saturated carbocycles. The van der Waals surface area contributed by atoms with E-state index < -0.39 is 10.8 Å². The van der Waals surface area contributed by atoms with Crippen LogP contribution >= 0.6 is 11.6 Å². The normalized spacial score (nSPS) is 13.1. The lowest BCUT2D eigenvalue weighted by Gasteiger charge is -2.15. The number of fused-ring (bicyclic) bond motifs is 1. The third kappa shape index (κ3) is 2.84. The first-order valence-corrected chi connectivity index (χ1v) is 6.69. The number of benzene rings is 1. The molecule has 1 aromatic carbocycles. The number of carbonyl (C=O) groups excluding carboxylic acids is 1. The van der Waals surface area contributed by atoms with Crippen LogP contribution in [0.4, 0.5) is 0 Å². The van der Waals surface area contributed by atoms with Gasteiger partial charge in [-0.05, 0) is 30.7 Å². The lowest BCUT2D eigenvalue weighted by molar-refractivity contribution is 0.0520. The first-order chi connectivity index (χ1) is 10.0. The monoisotopic (exact) mass is 301 g/mol. The summed E-state index contributed by atoms with van der Waals surface area (Å²) in [6.07, 6.45) is -0.119. The maximum absolute atomic E-state index is 11.7. The Morgan fingerprint density at radius 1 is 1.43 bits per heavy atom. The molecule has 1 atom stereocenters. The van der Waals surface area contributed by atoms with Gasteiger partial charge in [0.05, 0.1) is 25.2 Å². The number of alkyl halides is 1. The number of hydrogen-bond acceptors (Lipinski definition) is 4. The number of nitriles is 2. The molecule has 0 aliphatic heterocycles. The van der Waals surface area contributed by atoms with Crippen molar-refractivity contribution in [1.82, 2.24) is 4.98 Å². The van der Waals surface area contributed by atoms with E-state index >= 15 is 0 Å². The fraction of sp³-hybridized carbons (Fsp3) is 0.267. The predicted molar refractivity (Wildman–Crippen MR) is 77.6 cm³/mol. The Bertz CT molecular complexity index is 769. The average molecular weight is 302 g/mol. The summed E-state index contributed by atoms with van der Waals surface area (Å²) in [5, 5.41) is 18.7. The third-order valence-corrected chi connectivity index (χ3v) is 3.51. The zero-order chi connectivity index (χ0) is 15.5. The molecule has 106 valence electrons. The van der Waals surface area contributed by atoms with E-state index in [0.717, 1.165) is 10.9 Å². The van der Waals surface area contributed by atoms with Gasteiger partial charge in [0.25, 0.3) is 0 Å². The Balaban J connectivity index is 2.46. The zero-order valence-electron chi connectivity index (χ0n) is 11.3. The number of rotatable bonds is 4. The van der Waals surface area contributed by atoms with Gasteiger partial charge in [-0.3, -0.25) is 0 Å². The van der Waals surface area contributed by atoms with Crippen LogP contribution in [0.2, 0.25) is 0 Å². The van der Waals surface area contributed by atoms with Crippen molar-refractivity contribution < 1.29 is 9.53 Å². The van der Waals surface area contributed by atoms with Crippen LogP contribution < -0.4 is 0 Å². The van der Waals surface area contributed by atoms with E-state index in [4.69, 9.17) is 21.6 Å². The number of aromatic amines is 1. The van der Waals surface area contributed by atoms with Gasteiger partial charge in [0.2, 0.25) is 0 Å². The maximum atomic E-state index is 11.7. The quantitative estimate of drug-likeness (QED) is 0.693. The van der Waals surface area contributed by atoms with Crippen LogP contribution in [0.5, 0.6) is 0 Å². The lowest BCUT2D eigenvalue weighted by Crippen LogP contribution is -2.14. The smallest absolute Gasteiger partial charge is 0.354 e. The van der Waals surface area contributed by atoms with Gasteiger partial charge in [-0.25, -0.2) is 4.79 Å². The Labute approximate surface area is 126 Å². The number of halogens is 1. The summed E-state index contributed by atoms with van der Waals surface area (Å²) in [6.45, 7) is 2.02. The fourth-order valence-corrected chi connectivity index (χ4v) is 2.19. The van der Waals surface area contributed by atoms with E-state index in [0.29, 0.717) is 17.9 Å². The fourth-order valence-electron chi connectivity index (χ4n) is 2.01. The Morgan fingerprint density at radius 3 is 2.81 bits per heavy atom. The highest BCUT2D eigenvalue weighted by Crippen LogP contribution is 2.33. The number of H-pyrrole nitrogens is 1. The summed E-state index contributed by atoms with van der Waals surface area (Å²) in [5.74, 6) is -0.440. The van der Waals surface area contributed by atoms with Crippen LogP contribution in [-0.2, 0) is 9.61 Å². The molecule has 1 heterocycles. The number of hydrogen-bond donors (Lipinski definition) is 1.